The molecule has 1 aliphatic heterocycles. The third-order valence-corrected chi connectivity index (χ3v) is 3.63. The summed E-state index contributed by atoms with van der Waals surface area (Å²) in [6, 6.07) is 7.24. The van der Waals surface area contributed by atoms with Gasteiger partial charge in [-0.3, -0.25) is 19.8 Å². The van der Waals surface area contributed by atoms with E-state index < -0.39 is 5.54 Å². The molecule has 1 aliphatic rings. The maximum absolute atomic E-state index is 11.8. The Bertz CT molecular complexity index is 543. The van der Waals surface area contributed by atoms with Gasteiger partial charge in [0.1, 0.15) is 5.75 Å². The number of imide groups is 1. The van der Waals surface area contributed by atoms with Gasteiger partial charge in [0.25, 0.3) is 0 Å². The number of carbonyl (C=O) groups excluding carboxylic acids is 2. The van der Waals surface area contributed by atoms with Crippen molar-refractivity contribution in [2.75, 3.05) is 25.4 Å². The molecule has 1 fully saturated rings. The highest BCUT2D eigenvalue weighted by Gasteiger charge is 2.40. The summed E-state index contributed by atoms with van der Waals surface area (Å²) in [7, 11) is 0. The molecule has 6 heteroatoms. The fourth-order valence-electron chi connectivity index (χ4n) is 2.24. The minimum atomic E-state index is -0.676. The highest BCUT2D eigenvalue weighted by molar-refractivity contribution is 6.02. The van der Waals surface area contributed by atoms with Crippen LogP contribution in [0.1, 0.15) is 20.3 Å². The van der Waals surface area contributed by atoms with Crippen molar-refractivity contribution < 1.29 is 14.3 Å². The van der Waals surface area contributed by atoms with Gasteiger partial charge in [-0.05, 0) is 32.4 Å². The van der Waals surface area contributed by atoms with E-state index in [4.69, 9.17) is 10.5 Å². The third-order valence-electron chi connectivity index (χ3n) is 3.63. The Morgan fingerprint density at radius 3 is 2.86 bits per heavy atom. The molecule has 0 unspecified atom stereocenters. The van der Waals surface area contributed by atoms with Crippen LogP contribution >= 0.6 is 0 Å². The van der Waals surface area contributed by atoms with Crippen molar-refractivity contribution in [1.29, 1.82) is 0 Å². The van der Waals surface area contributed by atoms with Crippen molar-refractivity contribution >= 4 is 17.5 Å². The van der Waals surface area contributed by atoms with Gasteiger partial charge in [-0.1, -0.05) is 6.07 Å². The number of hydrogen-bond donors (Lipinski definition) is 2. The van der Waals surface area contributed by atoms with Crippen LogP contribution in [-0.4, -0.2) is 41.9 Å². The first-order valence-electron chi connectivity index (χ1n) is 6.97. The van der Waals surface area contributed by atoms with E-state index in [0.717, 1.165) is 12.2 Å². The Labute approximate surface area is 124 Å². The molecule has 0 bridgehead atoms. The van der Waals surface area contributed by atoms with Gasteiger partial charge >= 0.3 is 0 Å². The van der Waals surface area contributed by atoms with Gasteiger partial charge in [0.15, 0.2) is 0 Å². The number of anilines is 1. The lowest BCUT2D eigenvalue weighted by Crippen LogP contribution is -2.64. The SMILES string of the molecule is CC1(C)C(=O)NC(=O)CN1CCCOc1cccc(N)c1. The van der Waals surface area contributed by atoms with Gasteiger partial charge in [0.2, 0.25) is 11.8 Å². The first-order valence-corrected chi connectivity index (χ1v) is 6.97. The van der Waals surface area contributed by atoms with E-state index >= 15 is 0 Å². The number of amides is 2. The van der Waals surface area contributed by atoms with Crippen molar-refractivity contribution in [3.05, 3.63) is 24.3 Å². The molecule has 1 aromatic carbocycles. The lowest BCUT2D eigenvalue weighted by Gasteiger charge is -2.40. The summed E-state index contributed by atoms with van der Waals surface area (Å²) in [6.07, 6.45) is 0.721. The van der Waals surface area contributed by atoms with Crippen LogP contribution in [0.2, 0.25) is 0 Å². The second kappa shape index (κ2) is 6.13. The van der Waals surface area contributed by atoms with Crippen molar-refractivity contribution in [2.45, 2.75) is 25.8 Å². The van der Waals surface area contributed by atoms with Crippen molar-refractivity contribution in [2.24, 2.45) is 0 Å². The molecule has 6 nitrogen and oxygen atoms in total. The first kappa shape index (κ1) is 15.3. The van der Waals surface area contributed by atoms with Crippen molar-refractivity contribution in [3.63, 3.8) is 0 Å². The van der Waals surface area contributed by atoms with E-state index in [1.807, 2.05) is 30.9 Å². The fourth-order valence-corrected chi connectivity index (χ4v) is 2.24. The van der Waals surface area contributed by atoms with Crippen LogP contribution in [-0.2, 0) is 9.59 Å². The molecule has 2 amide bonds. The van der Waals surface area contributed by atoms with E-state index in [2.05, 4.69) is 5.32 Å². The number of nitrogen functional groups attached to an aromatic ring is 1. The zero-order valence-corrected chi connectivity index (χ0v) is 12.4. The van der Waals surface area contributed by atoms with Crippen LogP contribution < -0.4 is 15.8 Å². The quantitative estimate of drug-likeness (QED) is 0.475. The minimum Gasteiger partial charge on any atom is -0.493 e. The lowest BCUT2D eigenvalue weighted by atomic mass is 9.98. The zero-order chi connectivity index (χ0) is 15.5. The molecule has 1 aromatic rings. The second-order valence-electron chi connectivity index (χ2n) is 5.63. The first-order chi connectivity index (χ1) is 9.89. The maximum atomic E-state index is 11.8. The number of nitrogens with two attached hydrogens (primary N) is 1. The van der Waals surface area contributed by atoms with Gasteiger partial charge in [0, 0.05) is 18.3 Å². The van der Waals surface area contributed by atoms with Gasteiger partial charge in [-0.25, -0.2) is 0 Å². The summed E-state index contributed by atoms with van der Waals surface area (Å²) >= 11 is 0. The van der Waals surface area contributed by atoms with Crippen molar-refractivity contribution in [1.82, 2.24) is 10.2 Å². The summed E-state index contributed by atoms with van der Waals surface area (Å²) < 4.78 is 5.61. The molecule has 114 valence electrons. The molecule has 0 saturated carbocycles. The smallest absolute Gasteiger partial charge is 0.246 e. The number of carbonyl (C=O) groups is 2. The van der Waals surface area contributed by atoms with Crippen LogP contribution in [0.4, 0.5) is 5.69 Å². The normalized spacial score (nSPS) is 18.4. The number of rotatable bonds is 5. The maximum Gasteiger partial charge on any atom is 0.246 e. The molecule has 0 aromatic heterocycles. The largest absolute Gasteiger partial charge is 0.493 e. The van der Waals surface area contributed by atoms with Gasteiger partial charge < -0.3 is 10.5 Å². The number of hydrogen-bond acceptors (Lipinski definition) is 5. The monoisotopic (exact) mass is 291 g/mol. The summed E-state index contributed by atoms with van der Waals surface area (Å²) in [4.78, 5) is 25.1. The molecule has 0 radical (unpaired) electrons. The predicted molar refractivity (Wildman–Crippen MR) is 79.8 cm³/mol. The number of nitrogens with zero attached hydrogens (tertiary/aromatic N) is 1. The minimum absolute atomic E-state index is 0.233. The van der Waals surface area contributed by atoms with Crippen LogP contribution in [0.15, 0.2) is 24.3 Å². The van der Waals surface area contributed by atoms with Gasteiger partial charge in [0.05, 0.1) is 18.7 Å². The molecule has 3 N–H and O–H groups in total. The lowest BCUT2D eigenvalue weighted by molar-refractivity contribution is -0.145. The molecule has 0 aliphatic carbocycles. The average molecular weight is 291 g/mol. The standard InChI is InChI=1S/C15H21N3O3/c1-15(2)14(20)17-13(19)10-18(15)7-4-8-21-12-6-3-5-11(16)9-12/h3,5-6,9H,4,7-8,10,16H2,1-2H3,(H,17,19,20). The fraction of sp³-hybridized carbons (Fsp3) is 0.467. The Kier molecular flexibility index (Phi) is 4.47. The highest BCUT2D eigenvalue weighted by Crippen LogP contribution is 2.19. The summed E-state index contributed by atoms with van der Waals surface area (Å²) in [5.41, 5.74) is 5.66. The van der Waals surface area contributed by atoms with Crippen LogP contribution in [0, 0.1) is 0 Å². The summed E-state index contributed by atoms with van der Waals surface area (Å²) in [6.45, 7) is 4.98. The Morgan fingerprint density at radius 2 is 2.14 bits per heavy atom. The zero-order valence-electron chi connectivity index (χ0n) is 12.4. The predicted octanol–water partition coefficient (Wildman–Crippen LogP) is 0.775. The molecule has 1 saturated heterocycles. The Hall–Kier alpha value is -2.08. The van der Waals surface area contributed by atoms with E-state index in [9.17, 15) is 9.59 Å². The third kappa shape index (κ3) is 3.72. The number of nitrogens with one attached hydrogen (secondary N) is 1. The molecule has 2 rings (SSSR count). The van der Waals surface area contributed by atoms with Crippen LogP contribution in [0.25, 0.3) is 0 Å². The van der Waals surface area contributed by atoms with Gasteiger partial charge in [-0.2, -0.15) is 0 Å². The molecular weight excluding hydrogens is 270 g/mol. The number of ether oxygens (including phenoxy) is 1. The Balaban J connectivity index is 1.82. The van der Waals surface area contributed by atoms with E-state index in [-0.39, 0.29) is 18.4 Å². The molecule has 0 spiro atoms. The second-order valence-corrected chi connectivity index (χ2v) is 5.63. The number of piperazine rings is 1. The topological polar surface area (TPSA) is 84.7 Å². The van der Waals surface area contributed by atoms with Crippen LogP contribution in [0.5, 0.6) is 5.75 Å². The average Bonchev–Trinajstić information content (AvgIpc) is 2.40. The molecule has 1 heterocycles. The van der Waals surface area contributed by atoms with E-state index in [0.29, 0.717) is 18.8 Å². The summed E-state index contributed by atoms with van der Waals surface area (Å²) in [5.74, 6) is 0.216. The molecular formula is C15H21N3O3. The van der Waals surface area contributed by atoms with Crippen LogP contribution in [0.3, 0.4) is 0 Å². The van der Waals surface area contributed by atoms with Gasteiger partial charge in [-0.15, -0.1) is 0 Å². The number of benzene rings is 1. The summed E-state index contributed by atoms with van der Waals surface area (Å²) in [5, 5.41) is 2.36. The molecule has 0 atom stereocenters. The highest BCUT2D eigenvalue weighted by atomic mass is 16.5. The Morgan fingerprint density at radius 1 is 1.38 bits per heavy atom. The van der Waals surface area contributed by atoms with E-state index in [1.54, 1.807) is 12.1 Å². The van der Waals surface area contributed by atoms with Crippen molar-refractivity contribution in [3.8, 4) is 5.75 Å². The molecule has 21 heavy (non-hydrogen) atoms. The van der Waals surface area contributed by atoms with E-state index in [1.165, 1.54) is 0 Å².